The lowest BCUT2D eigenvalue weighted by atomic mass is 9.87. The number of allylic oxidation sites excluding steroid dienone is 1. The van der Waals surface area contributed by atoms with E-state index in [4.69, 9.17) is 9.31 Å². The third-order valence-electron chi connectivity index (χ3n) is 4.71. The van der Waals surface area contributed by atoms with Crippen molar-refractivity contribution in [2.75, 3.05) is 0 Å². The van der Waals surface area contributed by atoms with Gasteiger partial charge in [-0.2, -0.15) is 0 Å². The molecule has 2 nitrogen and oxygen atoms in total. The smallest absolute Gasteiger partial charge is 0.398 e. The maximum absolute atomic E-state index is 14.2. The molecule has 0 spiro atoms. The molecule has 0 bridgehead atoms. The lowest BCUT2D eigenvalue weighted by Gasteiger charge is -2.32. The van der Waals surface area contributed by atoms with Gasteiger partial charge in [-0.25, -0.2) is 13.2 Å². The van der Waals surface area contributed by atoms with Crippen LogP contribution in [0.15, 0.2) is 36.1 Å². The molecule has 0 atom stereocenters. The van der Waals surface area contributed by atoms with Crippen LogP contribution in [0.2, 0.25) is 0 Å². The van der Waals surface area contributed by atoms with Gasteiger partial charge in [0.25, 0.3) is 5.92 Å². The van der Waals surface area contributed by atoms with Crippen molar-refractivity contribution in [2.24, 2.45) is 0 Å². The molecule has 0 N–H and O–H groups in total. The molecule has 1 saturated heterocycles. The van der Waals surface area contributed by atoms with Crippen molar-refractivity contribution in [2.45, 2.75) is 64.6 Å². The van der Waals surface area contributed by atoms with E-state index in [1.54, 1.807) is 12.1 Å². The third kappa shape index (κ3) is 4.22. The van der Waals surface area contributed by atoms with Crippen molar-refractivity contribution < 1.29 is 22.5 Å². The summed E-state index contributed by atoms with van der Waals surface area (Å²) in [4.78, 5) is 0. The monoisotopic (exact) mass is 340 g/mol. The Morgan fingerprint density at radius 3 is 2.04 bits per heavy atom. The van der Waals surface area contributed by atoms with Crippen LogP contribution in [0.3, 0.4) is 0 Å². The number of hydrogen-bond donors (Lipinski definition) is 0. The second kappa shape index (κ2) is 6.56. The number of benzene rings is 1. The highest BCUT2D eigenvalue weighted by atomic mass is 19.3. The SMILES string of the molecule is CC(F)(F)c1ccc(CCC=C(F)B2OC(C)(C)C(C)(C)O2)cc1. The molecule has 6 heteroatoms. The van der Waals surface area contributed by atoms with E-state index < -0.39 is 30.0 Å². The number of aryl methyl sites for hydroxylation is 1. The van der Waals surface area contributed by atoms with Crippen LogP contribution in [0.25, 0.3) is 0 Å². The quantitative estimate of drug-likeness (QED) is 0.685. The fourth-order valence-corrected chi connectivity index (χ4v) is 2.39. The van der Waals surface area contributed by atoms with Gasteiger partial charge < -0.3 is 9.31 Å². The van der Waals surface area contributed by atoms with Crippen LogP contribution >= 0.6 is 0 Å². The highest BCUT2D eigenvalue weighted by Gasteiger charge is 2.52. The Kier molecular flexibility index (Phi) is 5.21. The van der Waals surface area contributed by atoms with E-state index >= 15 is 0 Å². The van der Waals surface area contributed by atoms with Crippen molar-refractivity contribution >= 4 is 7.12 Å². The molecule has 0 unspecified atom stereocenters. The van der Waals surface area contributed by atoms with Gasteiger partial charge in [0.15, 0.2) is 0 Å². The van der Waals surface area contributed by atoms with Gasteiger partial charge in [0, 0.05) is 12.5 Å². The van der Waals surface area contributed by atoms with Crippen LogP contribution in [0.1, 0.15) is 52.2 Å². The third-order valence-corrected chi connectivity index (χ3v) is 4.71. The van der Waals surface area contributed by atoms with Gasteiger partial charge in [-0.05, 0) is 46.1 Å². The van der Waals surface area contributed by atoms with Crippen LogP contribution in [0, 0.1) is 0 Å². The average molecular weight is 340 g/mol. The van der Waals surface area contributed by atoms with Gasteiger partial charge in [0.1, 0.15) is 5.73 Å². The molecule has 0 radical (unpaired) electrons. The maximum Gasteiger partial charge on any atom is 0.524 e. The minimum atomic E-state index is -2.85. The summed E-state index contributed by atoms with van der Waals surface area (Å²) < 4.78 is 51.8. The fourth-order valence-electron chi connectivity index (χ4n) is 2.39. The maximum atomic E-state index is 14.2. The van der Waals surface area contributed by atoms with Crippen molar-refractivity contribution in [3.63, 3.8) is 0 Å². The second-order valence-electron chi connectivity index (χ2n) is 7.30. The Bertz CT molecular complexity index is 588. The number of alkyl halides is 2. The Labute approximate surface area is 142 Å². The van der Waals surface area contributed by atoms with Crippen molar-refractivity contribution in [1.82, 2.24) is 0 Å². The van der Waals surface area contributed by atoms with E-state index in [0.29, 0.717) is 12.8 Å². The Hall–Kier alpha value is -1.27. The first-order chi connectivity index (χ1) is 10.9. The van der Waals surface area contributed by atoms with E-state index in [1.165, 1.54) is 18.2 Å². The van der Waals surface area contributed by atoms with Gasteiger partial charge >= 0.3 is 7.12 Å². The van der Waals surface area contributed by atoms with Crippen LogP contribution in [-0.2, 0) is 21.7 Å². The Balaban J connectivity index is 1.92. The summed E-state index contributed by atoms with van der Waals surface area (Å²) in [5, 5.41) is 0. The standard InChI is InChI=1S/C18H24BF3O2/c1-16(2)17(3,4)24-19(23-16)15(20)8-6-7-13-9-11-14(12-10-13)18(5,21)22/h8-12H,6-7H2,1-5H3. The normalized spacial score (nSPS) is 20.5. The molecule has 2 rings (SSSR count). The lowest BCUT2D eigenvalue weighted by molar-refractivity contribution is 0.00578. The Morgan fingerprint density at radius 1 is 1.08 bits per heavy atom. The fraction of sp³-hybridized carbons (Fsp3) is 0.556. The molecule has 1 aromatic rings. The summed E-state index contributed by atoms with van der Waals surface area (Å²) in [7, 11) is -0.990. The largest absolute Gasteiger partial charge is 0.524 e. The Morgan fingerprint density at radius 2 is 1.58 bits per heavy atom. The molecule has 1 aromatic carbocycles. The second-order valence-corrected chi connectivity index (χ2v) is 7.30. The first-order valence-corrected chi connectivity index (χ1v) is 8.11. The molecule has 0 amide bonds. The van der Waals surface area contributed by atoms with Gasteiger partial charge in [-0.15, -0.1) is 0 Å². The van der Waals surface area contributed by atoms with Gasteiger partial charge in [0.2, 0.25) is 0 Å². The molecular formula is C18H24BF3O2. The van der Waals surface area contributed by atoms with Gasteiger partial charge in [-0.3, -0.25) is 0 Å². The van der Waals surface area contributed by atoms with E-state index in [0.717, 1.165) is 12.5 Å². The van der Waals surface area contributed by atoms with Crippen molar-refractivity contribution in [3.05, 3.63) is 47.2 Å². The molecule has 0 aliphatic carbocycles. The molecule has 1 heterocycles. The van der Waals surface area contributed by atoms with Crippen LogP contribution < -0.4 is 0 Å². The van der Waals surface area contributed by atoms with Crippen LogP contribution in [0.4, 0.5) is 13.2 Å². The zero-order valence-corrected chi connectivity index (χ0v) is 14.8. The van der Waals surface area contributed by atoms with Crippen molar-refractivity contribution in [3.8, 4) is 0 Å². The molecule has 24 heavy (non-hydrogen) atoms. The number of halogens is 3. The summed E-state index contributed by atoms with van der Waals surface area (Å²) >= 11 is 0. The molecular weight excluding hydrogens is 316 g/mol. The molecule has 132 valence electrons. The van der Waals surface area contributed by atoms with E-state index in [-0.39, 0.29) is 5.56 Å². The van der Waals surface area contributed by atoms with Gasteiger partial charge in [-0.1, -0.05) is 30.3 Å². The van der Waals surface area contributed by atoms with Gasteiger partial charge in [0.05, 0.1) is 11.2 Å². The zero-order chi connectivity index (χ0) is 18.2. The summed E-state index contributed by atoms with van der Waals surface area (Å²) in [6.45, 7) is 8.33. The van der Waals surface area contributed by atoms with E-state index in [2.05, 4.69) is 0 Å². The summed E-state index contributed by atoms with van der Waals surface area (Å²) in [5.41, 5.74) is -0.759. The number of hydrogen-bond acceptors (Lipinski definition) is 2. The topological polar surface area (TPSA) is 18.5 Å². The lowest BCUT2D eigenvalue weighted by Crippen LogP contribution is -2.41. The van der Waals surface area contributed by atoms with E-state index in [9.17, 15) is 13.2 Å². The predicted molar refractivity (Wildman–Crippen MR) is 89.6 cm³/mol. The minimum Gasteiger partial charge on any atom is -0.398 e. The highest BCUT2D eigenvalue weighted by molar-refractivity contribution is 6.53. The molecule has 1 fully saturated rings. The number of rotatable bonds is 5. The zero-order valence-electron chi connectivity index (χ0n) is 14.8. The summed E-state index contributed by atoms with van der Waals surface area (Å²) in [6, 6.07) is 6.10. The molecule has 0 saturated carbocycles. The first kappa shape index (κ1) is 19.1. The molecule has 1 aliphatic heterocycles. The van der Waals surface area contributed by atoms with Crippen LogP contribution in [0.5, 0.6) is 0 Å². The minimum absolute atomic E-state index is 0.0230. The van der Waals surface area contributed by atoms with E-state index in [1.807, 2.05) is 27.7 Å². The molecule has 1 aliphatic rings. The summed E-state index contributed by atoms with van der Waals surface area (Å²) in [5.74, 6) is -2.85. The molecule has 0 aromatic heterocycles. The predicted octanol–water partition coefficient (Wildman–Crippen LogP) is 5.22. The average Bonchev–Trinajstić information content (AvgIpc) is 2.67. The highest BCUT2D eigenvalue weighted by Crippen LogP contribution is 2.38. The summed E-state index contributed by atoms with van der Waals surface area (Å²) in [6.07, 6.45) is 2.44. The first-order valence-electron chi connectivity index (χ1n) is 8.11. The van der Waals surface area contributed by atoms with Crippen LogP contribution in [-0.4, -0.2) is 18.3 Å². The van der Waals surface area contributed by atoms with Crippen molar-refractivity contribution in [1.29, 1.82) is 0 Å².